The van der Waals surface area contributed by atoms with E-state index in [1.54, 1.807) is 6.08 Å². The van der Waals surface area contributed by atoms with E-state index in [1.807, 2.05) is 30.3 Å². The van der Waals surface area contributed by atoms with Crippen LogP contribution in [0.4, 0.5) is 0 Å². The first-order chi connectivity index (χ1) is 6.75. The van der Waals surface area contributed by atoms with E-state index in [-0.39, 0.29) is 5.97 Å². The maximum absolute atomic E-state index is 10.8. The molecule has 1 aromatic carbocycles. The van der Waals surface area contributed by atoms with Gasteiger partial charge in [0.25, 0.3) is 0 Å². The fraction of sp³-hybridized carbons (Fsp3) is 0. The molecule has 14 heavy (non-hydrogen) atoms. The Morgan fingerprint density at radius 1 is 1.21 bits per heavy atom. The number of benzene rings is 1. The summed E-state index contributed by atoms with van der Waals surface area (Å²) in [5.74, 6) is 0.255. The van der Waals surface area contributed by atoms with Gasteiger partial charge in [0.2, 0.25) is 0 Å². The van der Waals surface area contributed by atoms with Crippen molar-refractivity contribution in [1.29, 1.82) is 0 Å². The Balaban J connectivity index is 2.31. The normalized spacial score (nSPS) is 17.5. The second-order valence-electron chi connectivity index (χ2n) is 2.82. The number of allylic oxidation sites excluding steroid dienone is 1. The van der Waals surface area contributed by atoms with Crippen molar-refractivity contribution in [3.05, 3.63) is 52.2 Å². The Labute approximate surface area is 90.0 Å². The number of halogens is 1. The van der Waals surface area contributed by atoms with Crippen LogP contribution in [0.25, 0.3) is 6.08 Å². The summed E-state index contributed by atoms with van der Waals surface area (Å²) >= 11 is 3.41. The van der Waals surface area contributed by atoms with E-state index >= 15 is 0 Å². The monoisotopic (exact) mass is 250 g/mol. The average molecular weight is 251 g/mol. The van der Waals surface area contributed by atoms with Gasteiger partial charge in [0.15, 0.2) is 0 Å². The van der Waals surface area contributed by atoms with E-state index in [4.69, 9.17) is 4.74 Å². The molecule has 0 saturated carbocycles. The predicted octanol–water partition coefficient (Wildman–Crippen LogP) is 2.90. The number of hydrogen-bond donors (Lipinski definition) is 0. The van der Waals surface area contributed by atoms with Crippen LogP contribution in [0, 0.1) is 0 Å². The minimum absolute atomic E-state index is 0.316. The minimum Gasteiger partial charge on any atom is -0.423 e. The molecular formula is C11H7BrO2. The van der Waals surface area contributed by atoms with Gasteiger partial charge in [0, 0.05) is 10.5 Å². The molecule has 70 valence electrons. The van der Waals surface area contributed by atoms with Gasteiger partial charge in [-0.1, -0.05) is 34.1 Å². The van der Waals surface area contributed by atoms with Crippen molar-refractivity contribution in [3.8, 4) is 0 Å². The van der Waals surface area contributed by atoms with Crippen LogP contribution in [0.1, 0.15) is 5.56 Å². The molecule has 2 nitrogen and oxygen atoms in total. The standard InChI is InChI=1S/C11H7BrO2/c12-10-4-2-1-3-8(10)7-9-5-6-11(13)14-9/h1-7H. The molecule has 0 aromatic heterocycles. The number of carbonyl (C=O) groups is 1. The summed E-state index contributed by atoms with van der Waals surface area (Å²) < 4.78 is 5.89. The molecule has 1 aliphatic heterocycles. The quantitative estimate of drug-likeness (QED) is 0.717. The molecule has 1 heterocycles. The lowest BCUT2D eigenvalue weighted by Crippen LogP contribution is -1.90. The van der Waals surface area contributed by atoms with E-state index in [9.17, 15) is 4.79 Å². The molecule has 0 bridgehead atoms. The van der Waals surface area contributed by atoms with Crippen molar-refractivity contribution in [2.75, 3.05) is 0 Å². The zero-order valence-corrected chi connectivity index (χ0v) is 8.82. The van der Waals surface area contributed by atoms with Gasteiger partial charge >= 0.3 is 5.97 Å². The Kier molecular flexibility index (Phi) is 2.50. The number of carbonyl (C=O) groups excluding carboxylic acids is 1. The van der Waals surface area contributed by atoms with Crippen molar-refractivity contribution in [2.45, 2.75) is 0 Å². The minimum atomic E-state index is -0.316. The highest BCUT2D eigenvalue weighted by molar-refractivity contribution is 9.10. The number of cyclic esters (lactones) is 1. The predicted molar refractivity (Wildman–Crippen MR) is 57.4 cm³/mol. The molecule has 3 heteroatoms. The van der Waals surface area contributed by atoms with Crippen LogP contribution >= 0.6 is 15.9 Å². The summed E-state index contributed by atoms with van der Waals surface area (Å²) in [7, 11) is 0. The lowest BCUT2D eigenvalue weighted by atomic mass is 10.2. The Morgan fingerprint density at radius 3 is 2.64 bits per heavy atom. The Bertz CT molecular complexity index is 433. The van der Waals surface area contributed by atoms with Crippen LogP contribution < -0.4 is 0 Å². The first-order valence-corrected chi connectivity index (χ1v) is 4.91. The largest absolute Gasteiger partial charge is 0.423 e. The van der Waals surface area contributed by atoms with Gasteiger partial charge in [0.1, 0.15) is 5.76 Å². The highest BCUT2D eigenvalue weighted by Crippen LogP contribution is 2.21. The maximum Gasteiger partial charge on any atom is 0.336 e. The van der Waals surface area contributed by atoms with E-state index in [2.05, 4.69) is 15.9 Å². The lowest BCUT2D eigenvalue weighted by molar-refractivity contribution is -0.132. The second kappa shape index (κ2) is 3.80. The van der Waals surface area contributed by atoms with Crippen molar-refractivity contribution in [1.82, 2.24) is 0 Å². The Morgan fingerprint density at radius 2 is 2.00 bits per heavy atom. The van der Waals surface area contributed by atoms with Crippen molar-refractivity contribution in [3.63, 3.8) is 0 Å². The molecule has 0 aliphatic carbocycles. The average Bonchev–Trinajstić information content (AvgIpc) is 2.56. The highest BCUT2D eigenvalue weighted by atomic mass is 79.9. The smallest absolute Gasteiger partial charge is 0.336 e. The van der Waals surface area contributed by atoms with E-state index in [0.717, 1.165) is 10.0 Å². The van der Waals surface area contributed by atoms with E-state index < -0.39 is 0 Å². The first-order valence-electron chi connectivity index (χ1n) is 4.12. The lowest BCUT2D eigenvalue weighted by Gasteiger charge is -1.99. The highest BCUT2D eigenvalue weighted by Gasteiger charge is 2.09. The summed E-state index contributed by atoms with van der Waals surface area (Å²) in [5, 5.41) is 0. The van der Waals surface area contributed by atoms with Gasteiger partial charge < -0.3 is 4.74 Å². The topological polar surface area (TPSA) is 26.3 Å². The summed E-state index contributed by atoms with van der Waals surface area (Å²) in [6, 6.07) is 7.74. The molecule has 0 spiro atoms. The molecule has 0 unspecified atom stereocenters. The molecule has 0 fully saturated rings. The zero-order valence-electron chi connectivity index (χ0n) is 7.24. The fourth-order valence-corrected chi connectivity index (χ4v) is 1.56. The molecule has 2 rings (SSSR count). The van der Waals surface area contributed by atoms with Crippen molar-refractivity contribution >= 4 is 28.0 Å². The summed E-state index contributed by atoms with van der Waals surface area (Å²) in [4.78, 5) is 10.8. The molecule has 0 saturated heterocycles. The summed E-state index contributed by atoms with van der Waals surface area (Å²) in [6.07, 6.45) is 4.87. The molecule has 0 N–H and O–H groups in total. The van der Waals surface area contributed by atoms with Crippen LogP contribution in [0.2, 0.25) is 0 Å². The SMILES string of the molecule is O=C1C=CC(=Cc2ccccc2Br)O1. The van der Waals surface area contributed by atoms with Crippen molar-refractivity contribution < 1.29 is 9.53 Å². The summed E-state index contributed by atoms with van der Waals surface area (Å²) in [5.41, 5.74) is 0.988. The molecule has 0 amide bonds. The van der Waals surface area contributed by atoms with Gasteiger partial charge in [-0.15, -0.1) is 0 Å². The van der Waals surface area contributed by atoms with Crippen LogP contribution in [-0.4, -0.2) is 5.97 Å². The first kappa shape index (κ1) is 9.21. The van der Waals surface area contributed by atoms with Crippen LogP contribution in [-0.2, 0) is 9.53 Å². The number of rotatable bonds is 1. The molecule has 1 aliphatic rings. The van der Waals surface area contributed by atoms with Gasteiger partial charge in [0.05, 0.1) is 0 Å². The third kappa shape index (κ3) is 1.93. The number of esters is 1. The summed E-state index contributed by atoms with van der Waals surface area (Å²) in [6.45, 7) is 0. The molecule has 1 aromatic rings. The third-order valence-corrected chi connectivity index (χ3v) is 2.53. The van der Waals surface area contributed by atoms with E-state index in [1.165, 1.54) is 6.08 Å². The molecule has 0 atom stereocenters. The molecule has 0 radical (unpaired) electrons. The zero-order chi connectivity index (χ0) is 9.97. The third-order valence-electron chi connectivity index (χ3n) is 1.81. The van der Waals surface area contributed by atoms with Crippen LogP contribution in [0.3, 0.4) is 0 Å². The van der Waals surface area contributed by atoms with E-state index in [0.29, 0.717) is 5.76 Å². The van der Waals surface area contributed by atoms with Crippen molar-refractivity contribution in [2.24, 2.45) is 0 Å². The van der Waals surface area contributed by atoms with Crippen LogP contribution in [0.5, 0.6) is 0 Å². The van der Waals surface area contributed by atoms with Gasteiger partial charge in [-0.2, -0.15) is 0 Å². The van der Waals surface area contributed by atoms with Gasteiger partial charge in [-0.05, 0) is 23.8 Å². The maximum atomic E-state index is 10.8. The van der Waals surface area contributed by atoms with Gasteiger partial charge in [-0.25, -0.2) is 4.79 Å². The van der Waals surface area contributed by atoms with Crippen LogP contribution in [0.15, 0.2) is 46.6 Å². The Hall–Kier alpha value is -1.35. The second-order valence-corrected chi connectivity index (χ2v) is 3.68. The number of hydrogen-bond acceptors (Lipinski definition) is 2. The number of ether oxygens (including phenoxy) is 1. The molecular weight excluding hydrogens is 244 g/mol. The van der Waals surface area contributed by atoms with Gasteiger partial charge in [-0.3, -0.25) is 0 Å². The fourth-order valence-electron chi connectivity index (χ4n) is 1.16.